The number of rotatable bonds is 6. The van der Waals surface area contributed by atoms with E-state index in [0.29, 0.717) is 11.4 Å². The van der Waals surface area contributed by atoms with E-state index in [2.05, 4.69) is 0 Å². The van der Waals surface area contributed by atoms with Crippen molar-refractivity contribution < 1.29 is 13.2 Å². The van der Waals surface area contributed by atoms with E-state index in [0.717, 1.165) is 11.1 Å². The Hall–Kier alpha value is -2.31. The number of anilines is 1. The Kier molecular flexibility index (Phi) is 5.11. The Morgan fingerprint density at radius 2 is 1.68 bits per heavy atom. The van der Waals surface area contributed by atoms with E-state index in [1.165, 1.54) is 15.6 Å². The second-order valence-electron chi connectivity index (χ2n) is 5.61. The van der Waals surface area contributed by atoms with Crippen LogP contribution in [0, 0.1) is 6.92 Å². The van der Waals surface area contributed by atoms with Gasteiger partial charge in [0.05, 0.1) is 24.2 Å². The van der Waals surface area contributed by atoms with E-state index in [-0.39, 0.29) is 11.4 Å². The number of benzene rings is 2. The van der Waals surface area contributed by atoms with Crippen LogP contribution in [0.3, 0.4) is 0 Å². The smallest absolute Gasteiger partial charge is 0.264 e. The molecule has 0 aliphatic rings. The second-order valence-corrected chi connectivity index (χ2v) is 8.22. The minimum atomic E-state index is -3.69. The molecule has 1 aromatic heterocycles. The summed E-state index contributed by atoms with van der Waals surface area (Å²) in [6.07, 6.45) is 0. The summed E-state index contributed by atoms with van der Waals surface area (Å²) in [4.78, 5) is 0.245. The predicted molar refractivity (Wildman–Crippen MR) is 102 cm³/mol. The molecule has 0 bridgehead atoms. The van der Waals surface area contributed by atoms with Crippen LogP contribution in [0.1, 0.15) is 11.1 Å². The largest absolute Gasteiger partial charge is 0.497 e. The van der Waals surface area contributed by atoms with Gasteiger partial charge in [-0.15, -0.1) is 11.3 Å². The lowest BCUT2D eigenvalue weighted by molar-refractivity contribution is 0.414. The molecule has 6 heteroatoms. The summed E-state index contributed by atoms with van der Waals surface area (Å²) in [6.45, 7) is 2.21. The van der Waals surface area contributed by atoms with Crippen LogP contribution in [0.25, 0.3) is 0 Å². The fourth-order valence-electron chi connectivity index (χ4n) is 2.53. The fraction of sp³-hybridized carbons (Fsp3) is 0.158. The first-order valence-corrected chi connectivity index (χ1v) is 10.1. The molecule has 3 aromatic rings. The maximum absolute atomic E-state index is 13.3. The van der Waals surface area contributed by atoms with Gasteiger partial charge in [0.15, 0.2) is 0 Å². The summed E-state index contributed by atoms with van der Waals surface area (Å²) in [7, 11) is -2.13. The van der Waals surface area contributed by atoms with E-state index in [1.807, 2.05) is 48.0 Å². The molecule has 0 saturated heterocycles. The minimum Gasteiger partial charge on any atom is -0.497 e. The van der Waals surface area contributed by atoms with Crippen LogP contribution < -0.4 is 9.04 Å². The van der Waals surface area contributed by atoms with Gasteiger partial charge in [-0.1, -0.05) is 30.3 Å². The maximum Gasteiger partial charge on any atom is 0.264 e. The van der Waals surface area contributed by atoms with Crippen LogP contribution in [0.15, 0.2) is 70.3 Å². The molecule has 2 aromatic carbocycles. The molecule has 0 aliphatic carbocycles. The van der Waals surface area contributed by atoms with Gasteiger partial charge in [0.25, 0.3) is 10.0 Å². The zero-order chi connectivity index (χ0) is 17.9. The average molecular weight is 373 g/mol. The quantitative estimate of drug-likeness (QED) is 0.641. The molecule has 0 unspecified atom stereocenters. The molecule has 3 rings (SSSR count). The third kappa shape index (κ3) is 3.70. The van der Waals surface area contributed by atoms with Crippen molar-refractivity contribution in [1.82, 2.24) is 0 Å². The van der Waals surface area contributed by atoms with Crippen LogP contribution in [-0.4, -0.2) is 15.5 Å². The summed E-state index contributed by atoms with van der Waals surface area (Å²) in [5.74, 6) is 0.625. The zero-order valence-electron chi connectivity index (χ0n) is 14.0. The Balaban J connectivity index is 2.04. The molecule has 0 radical (unpaired) electrons. The summed E-state index contributed by atoms with van der Waals surface area (Å²) < 4.78 is 33.1. The first kappa shape index (κ1) is 17.5. The number of methoxy groups -OCH3 is 1. The predicted octanol–water partition coefficient (Wildman–Crippen LogP) is 4.46. The zero-order valence-corrected chi connectivity index (χ0v) is 15.7. The van der Waals surface area contributed by atoms with Crippen molar-refractivity contribution in [3.63, 3.8) is 0 Å². The Morgan fingerprint density at radius 1 is 1.00 bits per heavy atom. The molecule has 1 heterocycles. The van der Waals surface area contributed by atoms with E-state index in [1.54, 1.807) is 31.4 Å². The lowest BCUT2D eigenvalue weighted by Gasteiger charge is -2.24. The monoisotopic (exact) mass is 373 g/mol. The molecule has 25 heavy (non-hydrogen) atoms. The topological polar surface area (TPSA) is 46.6 Å². The number of aryl methyl sites for hydroxylation is 1. The first-order chi connectivity index (χ1) is 12.0. The third-order valence-corrected chi connectivity index (χ3v) is 6.54. The highest BCUT2D eigenvalue weighted by Gasteiger charge is 2.26. The number of nitrogens with zero attached hydrogens (tertiary/aromatic N) is 1. The Bertz CT molecular complexity index is 932. The molecule has 0 aliphatic heterocycles. The van der Waals surface area contributed by atoms with Crippen molar-refractivity contribution in [3.8, 4) is 5.75 Å². The summed E-state index contributed by atoms with van der Waals surface area (Å²) in [5, 5.41) is 3.83. The van der Waals surface area contributed by atoms with Gasteiger partial charge in [0, 0.05) is 5.38 Å². The van der Waals surface area contributed by atoms with Crippen molar-refractivity contribution in [3.05, 3.63) is 76.5 Å². The van der Waals surface area contributed by atoms with Crippen molar-refractivity contribution >= 4 is 27.0 Å². The summed E-state index contributed by atoms with van der Waals surface area (Å²) >= 11 is 1.50. The Labute approximate surface area is 152 Å². The molecule has 130 valence electrons. The van der Waals surface area contributed by atoms with Gasteiger partial charge in [-0.2, -0.15) is 0 Å². The molecular formula is C19H19NO3S2. The van der Waals surface area contributed by atoms with Crippen LogP contribution >= 0.6 is 11.3 Å². The van der Waals surface area contributed by atoms with Gasteiger partial charge >= 0.3 is 0 Å². The molecule has 0 amide bonds. The number of hydrogen-bond acceptors (Lipinski definition) is 4. The normalized spacial score (nSPS) is 11.3. The minimum absolute atomic E-state index is 0.245. The van der Waals surface area contributed by atoms with Crippen molar-refractivity contribution in [2.45, 2.75) is 18.4 Å². The average Bonchev–Trinajstić information content (AvgIpc) is 3.06. The highest BCUT2D eigenvalue weighted by atomic mass is 32.2. The van der Waals surface area contributed by atoms with Crippen molar-refractivity contribution in [2.24, 2.45) is 0 Å². The maximum atomic E-state index is 13.3. The molecule has 0 saturated carbocycles. The molecule has 0 N–H and O–H groups in total. The van der Waals surface area contributed by atoms with Crippen LogP contribution in [0.2, 0.25) is 0 Å². The van der Waals surface area contributed by atoms with Crippen molar-refractivity contribution in [1.29, 1.82) is 0 Å². The van der Waals surface area contributed by atoms with E-state index < -0.39 is 10.0 Å². The van der Waals surface area contributed by atoms with E-state index in [9.17, 15) is 8.42 Å². The highest BCUT2D eigenvalue weighted by molar-refractivity contribution is 7.92. The van der Waals surface area contributed by atoms with Crippen molar-refractivity contribution in [2.75, 3.05) is 11.4 Å². The van der Waals surface area contributed by atoms with Gasteiger partial charge < -0.3 is 4.74 Å². The highest BCUT2D eigenvalue weighted by Crippen LogP contribution is 2.31. The van der Waals surface area contributed by atoms with Gasteiger partial charge in [-0.25, -0.2) is 8.42 Å². The lowest BCUT2D eigenvalue weighted by atomic mass is 10.2. The molecule has 4 nitrogen and oxygen atoms in total. The van der Waals surface area contributed by atoms with Gasteiger partial charge in [-0.05, 0) is 47.7 Å². The van der Waals surface area contributed by atoms with Crippen LogP contribution in [-0.2, 0) is 16.6 Å². The van der Waals surface area contributed by atoms with Crippen LogP contribution in [0.5, 0.6) is 5.75 Å². The standard InChI is InChI=1S/C19H19NO3S2/c1-15-13-24-14-19(15)20(12-16-6-4-3-5-7-16)25(21,22)18-10-8-17(23-2)9-11-18/h3-11,13-14H,12H2,1-2H3. The van der Waals surface area contributed by atoms with Gasteiger partial charge in [0.2, 0.25) is 0 Å². The number of thiophene rings is 1. The van der Waals surface area contributed by atoms with E-state index >= 15 is 0 Å². The summed E-state index contributed by atoms with van der Waals surface area (Å²) in [5.41, 5.74) is 2.59. The molecule has 0 atom stereocenters. The molecule has 0 spiro atoms. The first-order valence-electron chi connectivity index (χ1n) is 7.76. The lowest BCUT2D eigenvalue weighted by Crippen LogP contribution is -2.30. The van der Waals surface area contributed by atoms with Crippen LogP contribution in [0.4, 0.5) is 5.69 Å². The van der Waals surface area contributed by atoms with Gasteiger partial charge in [-0.3, -0.25) is 4.31 Å². The number of sulfonamides is 1. The molecular weight excluding hydrogens is 354 g/mol. The Morgan fingerprint density at radius 3 is 2.24 bits per heavy atom. The fourth-order valence-corrected chi connectivity index (χ4v) is 4.94. The number of hydrogen-bond donors (Lipinski definition) is 0. The van der Waals surface area contributed by atoms with E-state index in [4.69, 9.17) is 4.74 Å². The third-order valence-electron chi connectivity index (χ3n) is 3.91. The van der Waals surface area contributed by atoms with Gasteiger partial charge in [0.1, 0.15) is 5.75 Å². The summed E-state index contributed by atoms with van der Waals surface area (Å²) in [6, 6.07) is 16.1. The second kappa shape index (κ2) is 7.29. The SMILES string of the molecule is COc1ccc(S(=O)(=O)N(Cc2ccccc2)c2cscc2C)cc1. The molecule has 0 fully saturated rings. The number of ether oxygens (including phenoxy) is 1.